The first-order chi connectivity index (χ1) is 10.5. The van der Waals surface area contributed by atoms with E-state index in [0.29, 0.717) is 0 Å². The summed E-state index contributed by atoms with van der Waals surface area (Å²) in [6, 6.07) is 16.7. The summed E-state index contributed by atoms with van der Waals surface area (Å²) in [5.41, 5.74) is 9.80. The zero-order chi connectivity index (χ0) is 16.6. The fraction of sp³-hybridized carbons (Fsp3) is 0.188. The average Bonchev–Trinajstić information content (AvgIpc) is 2.55. The molecule has 4 nitrogen and oxygen atoms in total. The van der Waals surface area contributed by atoms with Gasteiger partial charge >= 0.3 is 27.0 Å². The molecule has 0 fully saturated rings. The van der Waals surface area contributed by atoms with Crippen molar-refractivity contribution in [2.24, 2.45) is 0 Å². The van der Waals surface area contributed by atoms with E-state index < -0.39 is 22.1 Å². The first-order valence-corrected chi connectivity index (χ1v) is 10.4. The Morgan fingerprint density at radius 3 is 1.74 bits per heavy atom. The minimum absolute atomic E-state index is 0. The molecule has 2 rings (SSSR count). The number of nitrogens with zero attached hydrogens (tertiary/aromatic N) is 1. The van der Waals surface area contributed by atoms with E-state index in [4.69, 9.17) is 5.73 Å². The number of sulfonamides is 1. The zero-order valence-corrected chi connectivity index (χ0v) is 16.1. The van der Waals surface area contributed by atoms with Gasteiger partial charge < -0.3 is 17.9 Å². The number of rotatable bonds is 5. The molecule has 0 bridgehead atoms. The number of hydrogen-bond acceptors (Lipinski definition) is 2. The van der Waals surface area contributed by atoms with Gasteiger partial charge in [-0.25, -0.2) is 8.42 Å². The summed E-state index contributed by atoms with van der Waals surface area (Å²) in [5, 5.41) is 0. The predicted molar refractivity (Wildman–Crippen MR) is 93.2 cm³/mol. The van der Waals surface area contributed by atoms with Crippen molar-refractivity contribution in [1.82, 2.24) is 0 Å². The molecule has 7 heteroatoms. The fourth-order valence-corrected chi connectivity index (χ4v) is 2.67. The van der Waals surface area contributed by atoms with Gasteiger partial charge in [0.2, 0.25) is 0 Å². The van der Waals surface area contributed by atoms with Crippen LogP contribution in [0.4, 0.5) is 0 Å². The van der Waals surface area contributed by atoms with Crippen LogP contribution in [0, 0.1) is 7.43 Å². The van der Waals surface area contributed by atoms with Gasteiger partial charge in [-0.1, -0.05) is 71.8 Å². The molecule has 2 aromatic carbocycles. The summed E-state index contributed by atoms with van der Waals surface area (Å²) in [6.45, 7) is 0. The van der Waals surface area contributed by atoms with E-state index in [2.05, 4.69) is 14.4 Å². The molecule has 0 spiro atoms. The molecule has 0 amide bonds. The summed E-state index contributed by atoms with van der Waals surface area (Å²) in [6.07, 6.45) is 1.06. The molecular weight excluding hydrogens is 421 g/mol. The molecule has 23 heavy (non-hydrogen) atoms. The van der Waals surface area contributed by atoms with E-state index in [-0.39, 0.29) is 7.43 Å². The molecule has 0 unspecified atom stereocenters. The van der Waals surface area contributed by atoms with Gasteiger partial charge in [0.1, 0.15) is 0 Å². The third-order valence-corrected chi connectivity index (χ3v) is 3.53. The van der Waals surface area contributed by atoms with Crippen molar-refractivity contribution in [3.8, 4) is 0 Å². The first-order valence-electron chi connectivity index (χ1n) is 6.34. The van der Waals surface area contributed by atoms with Crippen molar-refractivity contribution in [1.29, 1.82) is 0 Å². The van der Waals surface area contributed by atoms with E-state index in [9.17, 15) is 8.42 Å². The van der Waals surface area contributed by atoms with Gasteiger partial charge in [0.25, 0.3) is 0 Å². The van der Waals surface area contributed by atoms with Gasteiger partial charge in [0, 0.05) is 6.26 Å². The van der Waals surface area contributed by atoms with Gasteiger partial charge in [-0.15, -0.1) is 12.1 Å². The molecule has 1 N–H and O–H groups in total. The van der Waals surface area contributed by atoms with Crippen LogP contribution in [0.2, 0.25) is 0 Å². The van der Waals surface area contributed by atoms with Crippen LogP contribution in [0.1, 0.15) is 23.2 Å². The van der Waals surface area contributed by atoms with Gasteiger partial charge in [-0.3, -0.25) is 0 Å². The number of halogens is 1. The quantitative estimate of drug-likeness (QED) is 0.486. The van der Waals surface area contributed by atoms with Crippen LogP contribution >= 0.6 is 9.69 Å². The molecule has 2 atom stereocenters. The normalized spacial score (nSPS) is 13.0. The summed E-state index contributed by atoms with van der Waals surface area (Å²) in [7, 11) is 1.05. The molecule has 0 aliphatic carbocycles. The maximum absolute atomic E-state index is 11.5. The van der Waals surface area contributed by atoms with Crippen molar-refractivity contribution >= 4 is 19.7 Å². The van der Waals surface area contributed by atoms with Crippen LogP contribution in [0.3, 0.4) is 0 Å². The number of nitrogens with one attached hydrogen (secondary N) is 1. The standard InChI is InChI=1S/C15H16N2O2S.CH3.ClH.Ru/c1-20(18,19)17-15(13-10-6-3-7-11-13)14(16)12-8-4-2-5-9-12;;;/h2-11,14-16H,1H3;1H3;1H;/q-2;-1;;+4/p-1/t14-,15-;;;/m1.../s1. The first kappa shape index (κ1) is 22.2. The average molecular weight is 440 g/mol. The van der Waals surface area contributed by atoms with Gasteiger partial charge in [0.15, 0.2) is 0 Å². The van der Waals surface area contributed by atoms with Crippen molar-refractivity contribution in [3.63, 3.8) is 0 Å². The third kappa shape index (κ3) is 7.55. The molecule has 126 valence electrons. The van der Waals surface area contributed by atoms with Crippen LogP contribution in [-0.2, 0) is 27.3 Å². The van der Waals surface area contributed by atoms with E-state index in [1.54, 1.807) is 12.1 Å². The Bertz CT molecular complexity index is 654. The summed E-state index contributed by atoms with van der Waals surface area (Å²) < 4.78 is 26.8. The van der Waals surface area contributed by atoms with Gasteiger partial charge in [0.05, 0.1) is 10.0 Å². The van der Waals surface area contributed by atoms with Crippen LogP contribution in [-0.4, -0.2) is 14.7 Å². The van der Waals surface area contributed by atoms with Crippen LogP contribution in [0.25, 0.3) is 10.5 Å². The fourth-order valence-electron chi connectivity index (χ4n) is 2.01. The number of benzene rings is 2. The second kappa shape index (κ2) is 10.9. The Morgan fingerprint density at radius 2 is 1.35 bits per heavy atom. The molecule has 2 aromatic rings. The molecular formula is C16H19ClN2O2RuS. The molecule has 0 aromatic heterocycles. The molecule has 0 saturated carbocycles. The molecule has 0 aliphatic rings. The van der Waals surface area contributed by atoms with Crippen LogP contribution in [0.15, 0.2) is 60.7 Å². The maximum atomic E-state index is 11.5. The van der Waals surface area contributed by atoms with Gasteiger partial charge in [-0.05, 0) is 0 Å². The topological polar surface area (TPSA) is 72.0 Å². The Hall–Kier alpha value is -0.777. The van der Waals surface area contributed by atoms with Gasteiger partial charge in [-0.2, -0.15) is 0 Å². The Labute approximate surface area is 153 Å². The van der Waals surface area contributed by atoms with Crippen molar-refractivity contribution in [2.75, 3.05) is 6.26 Å². The SMILES string of the molecule is CS(=O)(=O)[N-][C@H](c1ccccc1)[C@H]([NH-])c1ccccc1.[CH3-].[Cl][Ru+3]. The second-order valence-electron chi connectivity index (χ2n) is 4.58. The predicted octanol–water partition coefficient (Wildman–Crippen LogP) is 4.99. The van der Waals surface area contributed by atoms with E-state index in [1.807, 2.05) is 65.8 Å². The summed E-state index contributed by atoms with van der Waals surface area (Å²) in [4.78, 5) is 0. The zero-order valence-electron chi connectivity index (χ0n) is 12.8. The van der Waals surface area contributed by atoms with E-state index >= 15 is 0 Å². The van der Waals surface area contributed by atoms with Crippen LogP contribution < -0.4 is 0 Å². The number of hydrogen-bond donors (Lipinski definition) is 0. The van der Waals surface area contributed by atoms with E-state index in [1.165, 1.54) is 0 Å². The van der Waals surface area contributed by atoms with Crippen LogP contribution in [0.5, 0.6) is 0 Å². The summed E-state index contributed by atoms with van der Waals surface area (Å²) >= 11 is 1.82. The molecule has 0 radical (unpaired) electrons. The van der Waals surface area contributed by atoms with Crippen molar-refractivity contribution < 1.29 is 25.7 Å². The second-order valence-corrected chi connectivity index (χ2v) is 6.26. The van der Waals surface area contributed by atoms with E-state index in [0.717, 1.165) is 17.4 Å². The summed E-state index contributed by atoms with van der Waals surface area (Å²) in [5.74, 6) is 0. The van der Waals surface area contributed by atoms with Crippen molar-refractivity contribution in [3.05, 3.63) is 89.7 Å². The third-order valence-electron chi connectivity index (χ3n) is 2.92. The Kier molecular flexibility index (Phi) is 10.5. The monoisotopic (exact) mass is 440 g/mol. The Balaban J connectivity index is 0.00000155. The minimum atomic E-state index is -3.52. The molecule has 0 heterocycles. The van der Waals surface area contributed by atoms with Crippen molar-refractivity contribution in [2.45, 2.75) is 12.1 Å². The molecule has 0 aliphatic heterocycles. The Morgan fingerprint density at radius 1 is 0.957 bits per heavy atom. The molecule has 0 saturated heterocycles.